The van der Waals surface area contributed by atoms with Gasteiger partial charge in [0.15, 0.2) is 0 Å². The molecular formula is C10H14N2O2S. The smallest absolute Gasteiger partial charge is 0.238 e. The highest BCUT2D eigenvalue weighted by Gasteiger charge is 2.36. The van der Waals surface area contributed by atoms with Gasteiger partial charge >= 0.3 is 0 Å². The van der Waals surface area contributed by atoms with Crippen LogP contribution < -0.4 is 10.5 Å². The van der Waals surface area contributed by atoms with Gasteiger partial charge in [-0.2, -0.15) is 0 Å². The quantitative estimate of drug-likeness (QED) is 0.816. The van der Waals surface area contributed by atoms with Crippen molar-refractivity contribution < 1.29 is 8.42 Å². The van der Waals surface area contributed by atoms with E-state index in [-0.39, 0.29) is 10.4 Å². The maximum atomic E-state index is 11.0. The summed E-state index contributed by atoms with van der Waals surface area (Å²) in [6, 6.07) is 6.51. The second kappa shape index (κ2) is 3.21. The van der Waals surface area contributed by atoms with Gasteiger partial charge in [-0.3, -0.25) is 0 Å². The van der Waals surface area contributed by atoms with Crippen LogP contribution in [0.4, 0.5) is 5.69 Å². The first-order valence-corrected chi connectivity index (χ1v) is 6.35. The van der Waals surface area contributed by atoms with E-state index in [2.05, 4.69) is 12.2 Å². The average Bonchev–Trinajstić information content (AvgIpc) is 2.82. The predicted molar refractivity (Wildman–Crippen MR) is 59.1 cm³/mol. The van der Waals surface area contributed by atoms with E-state index in [1.165, 1.54) is 12.1 Å². The van der Waals surface area contributed by atoms with Gasteiger partial charge < -0.3 is 5.32 Å². The molecule has 0 aliphatic heterocycles. The highest BCUT2D eigenvalue weighted by atomic mass is 32.2. The number of primary sulfonamides is 1. The summed E-state index contributed by atoms with van der Waals surface area (Å²) in [5.74, 6) is 0. The molecule has 1 saturated carbocycles. The van der Waals surface area contributed by atoms with Crippen LogP contribution in [0.2, 0.25) is 0 Å². The van der Waals surface area contributed by atoms with E-state index in [9.17, 15) is 8.42 Å². The van der Waals surface area contributed by atoms with Gasteiger partial charge in [0, 0.05) is 11.2 Å². The minimum absolute atomic E-state index is 0.147. The van der Waals surface area contributed by atoms with Crippen molar-refractivity contribution in [1.29, 1.82) is 0 Å². The molecule has 1 aromatic carbocycles. The summed E-state index contributed by atoms with van der Waals surface area (Å²) in [6.07, 6.45) is 2.31. The Bertz CT molecular complexity index is 461. The van der Waals surface area contributed by atoms with Gasteiger partial charge in [0.2, 0.25) is 10.0 Å². The highest BCUT2D eigenvalue weighted by molar-refractivity contribution is 7.89. The zero-order chi connectivity index (χ0) is 11.1. The molecule has 4 nitrogen and oxygen atoms in total. The second-order valence-corrected chi connectivity index (χ2v) is 5.82. The van der Waals surface area contributed by atoms with Crippen molar-refractivity contribution in [3.8, 4) is 0 Å². The maximum Gasteiger partial charge on any atom is 0.238 e. The van der Waals surface area contributed by atoms with Crippen molar-refractivity contribution in [2.75, 3.05) is 5.32 Å². The average molecular weight is 226 g/mol. The molecule has 82 valence electrons. The molecule has 0 spiro atoms. The first-order valence-electron chi connectivity index (χ1n) is 4.80. The third-order valence-corrected chi connectivity index (χ3v) is 3.56. The van der Waals surface area contributed by atoms with Gasteiger partial charge in [-0.15, -0.1) is 0 Å². The van der Waals surface area contributed by atoms with Crippen molar-refractivity contribution in [2.45, 2.75) is 30.2 Å². The number of benzene rings is 1. The summed E-state index contributed by atoms with van der Waals surface area (Å²) in [5.41, 5.74) is 1.13. The highest BCUT2D eigenvalue weighted by Crippen LogP contribution is 2.38. The van der Waals surface area contributed by atoms with Crippen molar-refractivity contribution in [3.63, 3.8) is 0 Å². The fourth-order valence-electron chi connectivity index (χ4n) is 1.39. The number of nitrogens with two attached hydrogens (primary N) is 1. The van der Waals surface area contributed by atoms with Crippen LogP contribution in [0.15, 0.2) is 29.2 Å². The maximum absolute atomic E-state index is 11.0. The van der Waals surface area contributed by atoms with Crippen LogP contribution in [0.5, 0.6) is 0 Å². The van der Waals surface area contributed by atoms with Crippen LogP contribution >= 0.6 is 0 Å². The SMILES string of the molecule is CC1(Nc2ccc(S(N)(=O)=O)cc2)CC1. The van der Waals surface area contributed by atoms with Crippen LogP contribution in [0, 0.1) is 0 Å². The Balaban J connectivity index is 2.17. The normalized spacial score (nSPS) is 18.5. The van der Waals surface area contributed by atoms with Gasteiger partial charge in [-0.25, -0.2) is 13.6 Å². The van der Waals surface area contributed by atoms with Gasteiger partial charge in [0.05, 0.1) is 4.90 Å². The molecule has 3 N–H and O–H groups in total. The first-order chi connectivity index (χ1) is 6.89. The molecule has 0 atom stereocenters. The lowest BCUT2D eigenvalue weighted by molar-refractivity contribution is 0.598. The Labute approximate surface area is 89.5 Å². The van der Waals surface area contributed by atoms with Crippen LogP contribution in [0.3, 0.4) is 0 Å². The van der Waals surface area contributed by atoms with E-state index < -0.39 is 10.0 Å². The van der Waals surface area contributed by atoms with E-state index in [0.29, 0.717) is 0 Å². The minimum atomic E-state index is -3.58. The van der Waals surface area contributed by atoms with Crippen molar-refractivity contribution in [3.05, 3.63) is 24.3 Å². The molecule has 15 heavy (non-hydrogen) atoms. The van der Waals surface area contributed by atoms with E-state index in [1.807, 2.05) is 0 Å². The molecule has 0 bridgehead atoms. The summed E-state index contributed by atoms with van der Waals surface area (Å²) in [4.78, 5) is 0.147. The van der Waals surface area contributed by atoms with Gasteiger partial charge in [-0.05, 0) is 44.0 Å². The molecule has 1 aromatic rings. The largest absolute Gasteiger partial charge is 0.380 e. The molecule has 1 fully saturated rings. The summed E-state index contributed by atoms with van der Waals surface area (Å²) >= 11 is 0. The first kappa shape index (κ1) is 10.4. The van der Waals surface area contributed by atoms with E-state index in [4.69, 9.17) is 5.14 Å². The van der Waals surface area contributed by atoms with Crippen molar-refractivity contribution in [2.24, 2.45) is 5.14 Å². The number of anilines is 1. The number of rotatable bonds is 3. The molecule has 0 saturated heterocycles. The number of nitrogens with one attached hydrogen (secondary N) is 1. The van der Waals surface area contributed by atoms with E-state index in [1.54, 1.807) is 12.1 Å². The Morgan fingerprint density at radius 3 is 2.20 bits per heavy atom. The Morgan fingerprint density at radius 1 is 1.27 bits per heavy atom. The third kappa shape index (κ3) is 2.49. The Hall–Kier alpha value is -1.07. The van der Waals surface area contributed by atoms with Crippen molar-refractivity contribution >= 4 is 15.7 Å². The molecule has 5 heteroatoms. The second-order valence-electron chi connectivity index (χ2n) is 4.26. The molecule has 1 aliphatic rings. The standard InChI is InChI=1S/C10H14N2O2S/c1-10(6-7-10)12-8-2-4-9(5-3-8)15(11,13)14/h2-5,12H,6-7H2,1H3,(H2,11,13,14). The number of hydrogen-bond donors (Lipinski definition) is 2. The number of sulfonamides is 1. The summed E-state index contributed by atoms with van der Waals surface area (Å²) < 4.78 is 22.0. The zero-order valence-corrected chi connectivity index (χ0v) is 9.34. The van der Waals surface area contributed by atoms with E-state index >= 15 is 0 Å². The fraction of sp³-hybridized carbons (Fsp3) is 0.400. The van der Waals surface area contributed by atoms with Crippen LogP contribution in [0.1, 0.15) is 19.8 Å². The summed E-state index contributed by atoms with van der Waals surface area (Å²) in [6.45, 7) is 2.14. The molecule has 0 radical (unpaired) electrons. The summed E-state index contributed by atoms with van der Waals surface area (Å²) in [5, 5.41) is 8.33. The molecule has 0 aromatic heterocycles. The van der Waals surface area contributed by atoms with E-state index in [0.717, 1.165) is 18.5 Å². The lowest BCUT2D eigenvalue weighted by Crippen LogP contribution is -2.16. The molecular weight excluding hydrogens is 212 g/mol. The lowest BCUT2D eigenvalue weighted by Gasteiger charge is -2.12. The predicted octanol–water partition coefficient (Wildman–Crippen LogP) is 1.30. The van der Waals surface area contributed by atoms with Crippen LogP contribution in [0.25, 0.3) is 0 Å². The Morgan fingerprint density at radius 2 is 1.80 bits per heavy atom. The number of hydrogen-bond acceptors (Lipinski definition) is 3. The minimum Gasteiger partial charge on any atom is -0.380 e. The molecule has 2 rings (SSSR count). The molecule has 0 amide bonds. The molecule has 1 aliphatic carbocycles. The third-order valence-electron chi connectivity index (χ3n) is 2.63. The Kier molecular flexibility index (Phi) is 2.24. The van der Waals surface area contributed by atoms with Gasteiger partial charge in [0.25, 0.3) is 0 Å². The summed E-state index contributed by atoms with van der Waals surface area (Å²) in [7, 11) is -3.58. The van der Waals surface area contributed by atoms with Gasteiger partial charge in [0.1, 0.15) is 0 Å². The zero-order valence-electron chi connectivity index (χ0n) is 8.53. The van der Waals surface area contributed by atoms with Gasteiger partial charge in [-0.1, -0.05) is 0 Å². The lowest BCUT2D eigenvalue weighted by atomic mass is 10.2. The fourth-order valence-corrected chi connectivity index (χ4v) is 1.90. The monoisotopic (exact) mass is 226 g/mol. The van der Waals surface area contributed by atoms with Crippen molar-refractivity contribution in [1.82, 2.24) is 0 Å². The molecule has 0 unspecified atom stereocenters. The topological polar surface area (TPSA) is 72.2 Å². The molecule has 0 heterocycles. The van der Waals surface area contributed by atoms with Crippen LogP contribution in [-0.2, 0) is 10.0 Å². The van der Waals surface area contributed by atoms with Crippen LogP contribution in [-0.4, -0.2) is 14.0 Å².